The second kappa shape index (κ2) is 3.33. The fraction of sp³-hybridized carbons (Fsp3) is 0.125. The quantitative estimate of drug-likeness (QED) is 0.646. The molecule has 0 heterocycles. The second-order valence-electron chi connectivity index (χ2n) is 2.40. The molecule has 0 fully saturated rings. The van der Waals surface area contributed by atoms with Crippen LogP contribution in [0.4, 0.5) is 11.4 Å². The maximum Gasteiger partial charge on any atom is 0.0671 e. The standard InChI is InChI=1S/C8H8ClN3/c9-5-3-7(11)6(1-2-10)8(12)4-5/h3-4H,1,11-12H2. The van der Waals surface area contributed by atoms with Crippen LogP contribution in [0.3, 0.4) is 0 Å². The Morgan fingerprint density at radius 2 is 1.83 bits per heavy atom. The number of nitriles is 1. The molecule has 4 N–H and O–H groups in total. The number of nitrogens with two attached hydrogens (primary N) is 2. The molecule has 0 bridgehead atoms. The number of anilines is 2. The van der Waals surface area contributed by atoms with Crippen molar-refractivity contribution in [2.75, 3.05) is 11.5 Å². The fourth-order valence-electron chi connectivity index (χ4n) is 0.963. The lowest BCUT2D eigenvalue weighted by Gasteiger charge is -2.05. The topological polar surface area (TPSA) is 75.8 Å². The molecule has 0 saturated carbocycles. The third-order valence-electron chi connectivity index (χ3n) is 1.54. The first-order valence-electron chi connectivity index (χ1n) is 3.35. The largest absolute Gasteiger partial charge is 0.398 e. The second-order valence-corrected chi connectivity index (χ2v) is 2.83. The number of rotatable bonds is 1. The highest BCUT2D eigenvalue weighted by Crippen LogP contribution is 2.25. The number of nitrogens with zero attached hydrogens (tertiary/aromatic N) is 1. The van der Waals surface area contributed by atoms with E-state index in [4.69, 9.17) is 28.3 Å². The van der Waals surface area contributed by atoms with Crippen LogP contribution in [-0.4, -0.2) is 0 Å². The van der Waals surface area contributed by atoms with Crippen LogP contribution in [0.15, 0.2) is 12.1 Å². The van der Waals surface area contributed by atoms with Crippen molar-refractivity contribution in [2.24, 2.45) is 0 Å². The maximum atomic E-state index is 8.44. The summed E-state index contributed by atoms with van der Waals surface area (Å²) >= 11 is 5.68. The van der Waals surface area contributed by atoms with Gasteiger partial charge in [-0.05, 0) is 12.1 Å². The van der Waals surface area contributed by atoms with Gasteiger partial charge >= 0.3 is 0 Å². The van der Waals surface area contributed by atoms with Gasteiger partial charge in [0.2, 0.25) is 0 Å². The number of halogens is 1. The summed E-state index contributed by atoms with van der Waals surface area (Å²) in [6.07, 6.45) is 0.217. The Labute approximate surface area is 75.5 Å². The predicted molar refractivity (Wildman–Crippen MR) is 49.6 cm³/mol. The van der Waals surface area contributed by atoms with Gasteiger partial charge in [-0.25, -0.2) is 0 Å². The molecular formula is C8H8ClN3. The zero-order valence-corrected chi connectivity index (χ0v) is 7.10. The Bertz CT molecular complexity index is 318. The molecule has 3 nitrogen and oxygen atoms in total. The average Bonchev–Trinajstić information content (AvgIpc) is 1.96. The van der Waals surface area contributed by atoms with E-state index in [1.807, 2.05) is 6.07 Å². The number of benzene rings is 1. The molecule has 4 heteroatoms. The summed E-state index contributed by atoms with van der Waals surface area (Å²) in [6.45, 7) is 0. The van der Waals surface area contributed by atoms with E-state index in [0.29, 0.717) is 22.0 Å². The van der Waals surface area contributed by atoms with Crippen LogP contribution >= 0.6 is 11.6 Å². The molecule has 0 radical (unpaired) electrons. The van der Waals surface area contributed by atoms with Gasteiger partial charge in [-0.3, -0.25) is 0 Å². The van der Waals surface area contributed by atoms with Gasteiger partial charge in [-0.2, -0.15) is 5.26 Å². The van der Waals surface area contributed by atoms with Crippen molar-refractivity contribution in [2.45, 2.75) is 6.42 Å². The van der Waals surface area contributed by atoms with E-state index >= 15 is 0 Å². The highest BCUT2D eigenvalue weighted by Gasteiger charge is 2.04. The van der Waals surface area contributed by atoms with Gasteiger partial charge < -0.3 is 11.5 Å². The Morgan fingerprint density at radius 3 is 2.25 bits per heavy atom. The maximum absolute atomic E-state index is 8.44. The van der Waals surface area contributed by atoms with Crippen LogP contribution in [-0.2, 0) is 6.42 Å². The third kappa shape index (κ3) is 1.60. The molecule has 0 atom stereocenters. The molecule has 1 rings (SSSR count). The first-order chi connectivity index (χ1) is 5.65. The van der Waals surface area contributed by atoms with Crippen molar-refractivity contribution in [3.63, 3.8) is 0 Å². The molecule has 1 aromatic carbocycles. The Hall–Kier alpha value is -1.40. The molecular weight excluding hydrogens is 174 g/mol. The van der Waals surface area contributed by atoms with E-state index in [9.17, 15) is 0 Å². The molecule has 12 heavy (non-hydrogen) atoms. The van der Waals surface area contributed by atoms with Crippen LogP contribution in [0.1, 0.15) is 5.56 Å². The van der Waals surface area contributed by atoms with E-state index in [1.54, 1.807) is 12.1 Å². The lowest BCUT2D eigenvalue weighted by molar-refractivity contribution is 1.27. The minimum Gasteiger partial charge on any atom is -0.398 e. The van der Waals surface area contributed by atoms with Gasteiger partial charge in [0, 0.05) is 22.0 Å². The van der Waals surface area contributed by atoms with Gasteiger partial charge in [0.1, 0.15) is 0 Å². The minimum atomic E-state index is 0.217. The van der Waals surface area contributed by atoms with Crippen LogP contribution in [0.5, 0.6) is 0 Å². The zero-order chi connectivity index (χ0) is 9.14. The van der Waals surface area contributed by atoms with E-state index in [2.05, 4.69) is 0 Å². The highest BCUT2D eigenvalue weighted by atomic mass is 35.5. The molecule has 0 aliphatic rings. The van der Waals surface area contributed by atoms with E-state index in [0.717, 1.165) is 0 Å². The molecule has 0 saturated heterocycles. The number of nitrogen functional groups attached to an aromatic ring is 2. The Morgan fingerprint density at radius 1 is 1.33 bits per heavy atom. The predicted octanol–water partition coefficient (Wildman–Crippen LogP) is 1.57. The minimum absolute atomic E-state index is 0.217. The summed E-state index contributed by atoms with van der Waals surface area (Å²) in [5.74, 6) is 0. The van der Waals surface area contributed by atoms with Crippen LogP contribution in [0.2, 0.25) is 5.02 Å². The summed E-state index contributed by atoms with van der Waals surface area (Å²) < 4.78 is 0. The normalized spacial score (nSPS) is 9.33. The molecule has 0 unspecified atom stereocenters. The molecule has 62 valence electrons. The van der Waals surface area contributed by atoms with Gasteiger partial charge in [0.25, 0.3) is 0 Å². The van der Waals surface area contributed by atoms with Gasteiger partial charge in [0.05, 0.1) is 12.5 Å². The fourth-order valence-corrected chi connectivity index (χ4v) is 1.20. The Balaban J connectivity index is 3.21. The molecule has 0 amide bonds. The summed E-state index contributed by atoms with van der Waals surface area (Å²) in [6, 6.07) is 5.16. The summed E-state index contributed by atoms with van der Waals surface area (Å²) in [5.41, 5.74) is 12.8. The average molecular weight is 182 g/mol. The highest BCUT2D eigenvalue weighted by molar-refractivity contribution is 6.31. The first kappa shape index (κ1) is 8.69. The lowest BCUT2D eigenvalue weighted by Crippen LogP contribution is -1.99. The summed E-state index contributed by atoms with van der Waals surface area (Å²) in [5, 5.41) is 8.94. The number of hydrogen-bond acceptors (Lipinski definition) is 3. The van der Waals surface area contributed by atoms with E-state index in [1.165, 1.54) is 0 Å². The van der Waals surface area contributed by atoms with Gasteiger partial charge in [-0.15, -0.1) is 0 Å². The van der Waals surface area contributed by atoms with E-state index in [-0.39, 0.29) is 6.42 Å². The van der Waals surface area contributed by atoms with E-state index < -0.39 is 0 Å². The SMILES string of the molecule is N#CCc1c(N)cc(Cl)cc1N. The van der Waals surface area contributed by atoms with Crippen molar-refractivity contribution < 1.29 is 0 Å². The molecule has 0 aromatic heterocycles. The molecule has 1 aromatic rings. The summed E-state index contributed by atoms with van der Waals surface area (Å²) in [7, 11) is 0. The molecule has 0 spiro atoms. The van der Waals surface area contributed by atoms with Crippen molar-refractivity contribution in [1.29, 1.82) is 5.26 Å². The van der Waals surface area contributed by atoms with Crippen LogP contribution in [0, 0.1) is 11.3 Å². The van der Waals surface area contributed by atoms with Gasteiger partial charge in [0.15, 0.2) is 0 Å². The molecule has 0 aliphatic heterocycles. The van der Waals surface area contributed by atoms with Crippen LogP contribution in [0.25, 0.3) is 0 Å². The van der Waals surface area contributed by atoms with Crippen molar-refractivity contribution in [3.8, 4) is 6.07 Å². The monoisotopic (exact) mass is 181 g/mol. The third-order valence-corrected chi connectivity index (χ3v) is 1.76. The lowest BCUT2D eigenvalue weighted by atomic mass is 10.1. The summed E-state index contributed by atoms with van der Waals surface area (Å²) in [4.78, 5) is 0. The van der Waals surface area contributed by atoms with Crippen LogP contribution < -0.4 is 11.5 Å². The Kier molecular flexibility index (Phi) is 2.41. The zero-order valence-electron chi connectivity index (χ0n) is 6.34. The van der Waals surface area contributed by atoms with Crippen molar-refractivity contribution >= 4 is 23.0 Å². The van der Waals surface area contributed by atoms with Crippen molar-refractivity contribution in [3.05, 3.63) is 22.7 Å². The van der Waals surface area contributed by atoms with Crippen molar-refractivity contribution in [1.82, 2.24) is 0 Å². The molecule has 0 aliphatic carbocycles. The van der Waals surface area contributed by atoms with Gasteiger partial charge in [-0.1, -0.05) is 11.6 Å². The number of hydrogen-bond donors (Lipinski definition) is 2. The smallest absolute Gasteiger partial charge is 0.0671 e. The first-order valence-corrected chi connectivity index (χ1v) is 3.73.